The second-order valence-electron chi connectivity index (χ2n) is 9.51. The van der Waals surface area contributed by atoms with Gasteiger partial charge in [-0.15, -0.1) is 24.8 Å². The molecule has 3 heterocycles. The van der Waals surface area contributed by atoms with Gasteiger partial charge in [-0.2, -0.15) is 0 Å². The molecule has 6 heteroatoms. The van der Waals surface area contributed by atoms with Crippen molar-refractivity contribution < 1.29 is 4.79 Å². The van der Waals surface area contributed by atoms with Gasteiger partial charge in [-0.3, -0.25) is 9.69 Å². The number of carbonyl (C=O) groups excluding carboxylic acids is 1. The maximum Gasteiger partial charge on any atom is 0.222 e. The lowest BCUT2D eigenvalue weighted by Gasteiger charge is -2.46. The van der Waals surface area contributed by atoms with Crippen molar-refractivity contribution in [2.24, 2.45) is 17.8 Å². The van der Waals surface area contributed by atoms with E-state index in [-0.39, 0.29) is 24.8 Å². The van der Waals surface area contributed by atoms with Crippen LogP contribution in [0.15, 0.2) is 30.3 Å². The molecule has 0 aliphatic carbocycles. The summed E-state index contributed by atoms with van der Waals surface area (Å²) in [4.78, 5) is 17.3. The Labute approximate surface area is 195 Å². The van der Waals surface area contributed by atoms with Gasteiger partial charge in [0.15, 0.2) is 0 Å². The zero-order valence-electron chi connectivity index (χ0n) is 18.3. The summed E-state index contributed by atoms with van der Waals surface area (Å²) in [7, 11) is 0. The highest BCUT2D eigenvalue weighted by atomic mass is 35.5. The first-order valence-corrected chi connectivity index (χ1v) is 11.4. The van der Waals surface area contributed by atoms with Crippen molar-refractivity contribution in [2.75, 3.05) is 32.7 Å². The number of hydrogen-bond acceptors (Lipinski definition) is 3. The van der Waals surface area contributed by atoms with E-state index in [1.54, 1.807) is 0 Å². The lowest BCUT2D eigenvalue weighted by atomic mass is 9.79. The highest BCUT2D eigenvalue weighted by molar-refractivity contribution is 5.85. The molecule has 1 amide bonds. The van der Waals surface area contributed by atoms with E-state index >= 15 is 0 Å². The summed E-state index contributed by atoms with van der Waals surface area (Å²) >= 11 is 0. The standard InChI is InChI=1S/C24H37N3O.2ClH/c1-19-10-12-27(13-11-19)24(28)9-5-8-23-22-14-21(15-25-23)17-26(18-22)16-20-6-3-2-4-7-20;;/h2-4,6-7,19,21-23,25H,5,8-18H2,1H3;2*1H/t21-,22-,23+;;/m0../s1. The van der Waals surface area contributed by atoms with Crippen molar-refractivity contribution in [3.8, 4) is 0 Å². The van der Waals surface area contributed by atoms with Gasteiger partial charge in [0.25, 0.3) is 0 Å². The molecule has 1 N–H and O–H groups in total. The van der Waals surface area contributed by atoms with Crippen LogP contribution in [-0.2, 0) is 11.3 Å². The number of benzene rings is 1. The summed E-state index contributed by atoms with van der Waals surface area (Å²) in [6, 6.07) is 11.5. The van der Waals surface area contributed by atoms with Crippen LogP contribution < -0.4 is 5.32 Å². The first-order valence-electron chi connectivity index (χ1n) is 11.4. The molecule has 4 nitrogen and oxygen atoms in total. The molecule has 0 spiro atoms. The van der Waals surface area contributed by atoms with Crippen molar-refractivity contribution >= 4 is 30.7 Å². The average molecular weight is 457 g/mol. The molecule has 0 radical (unpaired) electrons. The Kier molecular flexibility index (Phi) is 10.4. The molecule has 3 aliphatic heterocycles. The fraction of sp³-hybridized carbons (Fsp3) is 0.708. The number of rotatable bonds is 6. The Bertz CT molecular complexity index is 637. The van der Waals surface area contributed by atoms with Gasteiger partial charge >= 0.3 is 0 Å². The van der Waals surface area contributed by atoms with Gasteiger partial charge in [-0.05, 0) is 62.0 Å². The van der Waals surface area contributed by atoms with Gasteiger partial charge in [0, 0.05) is 45.2 Å². The Morgan fingerprint density at radius 1 is 1.10 bits per heavy atom. The molecule has 0 aromatic heterocycles. The van der Waals surface area contributed by atoms with Crippen LogP contribution in [-0.4, -0.2) is 54.5 Å². The zero-order valence-corrected chi connectivity index (χ0v) is 19.9. The predicted octanol–water partition coefficient (Wildman–Crippen LogP) is 4.37. The minimum absolute atomic E-state index is 0. The summed E-state index contributed by atoms with van der Waals surface area (Å²) in [5, 5.41) is 3.81. The van der Waals surface area contributed by atoms with E-state index in [1.165, 1.54) is 37.9 Å². The number of piperidine rings is 3. The van der Waals surface area contributed by atoms with E-state index < -0.39 is 0 Å². The normalized spacial score (nSPS) is 27.1. The van der Waals surface area contributed by atoms with Crippen LogP contribution in [0.1, 0.15) is 51.0 Å². The topological polar surface area (TPSA) is 35.6 Å². The smallest absolute Gasteiger partial charge is 0.222 e. The Hall–Kier alpha value is -0.810. The minimum Gasteiger partial charge on any atom is -0.343 e. The molecule has 1 aromatic carbocycles. The Morgan fingerprint density at radius 2 is 1.83 bits per heavy atom. The van der Waals surface area contributed by atoms with E-state index in [2.05, 4.69) is 52.4 Å². The van der Waals surface area contributed by atoms with Crippen LogP contribution in [0.3, 0.4) is 0 Å². The van der Waals surface area contributed by atoms with Crippen molar-refractivity contribution in [3.05, 3.63) is 35.9 Å². The van der Waals surface area contributed by atoms with Gasteiger partial charge in [-0.1, -0.05) is 37.3 Å². The van der Waals surface area contributed by atoms with Crippen LogP contribution >= 0.6 is 24.8 Å². The number of carbonyl (C=O) groups is 1. The molecule has 0 unspecified atom stereocenters. The number of fused-ring (bicyclic) bond motifs is 2. The number of nitrogens with one attached hydrogen (secondary N) is 1. The number of hydrogen-bond donors (Lipinski definition) is 1. The summed E-state index contributed by atoms with van der Waals surface area (Å²) in [5.74, 6) is 2.70. The summed E-state index contributed by atoms with van der Waals surface area (Å²) in [5.41, 5.74) is 1.42. The Balaban J connectivity index is 0.00000160. The van der Waals surface area contributed by atoms with Crippen LogP contribution in [0.4, 0.5) is 0 Å². The van der Waals surface area contributed by atoms with Crippen LogP contribution in [0.2, 0.25) is 0 Å². The minimum atomic E-state index is 0. The molecule has 0 saturated carbocycles. The van der Waals surface area contributed by atoms with Crippen LogP contribution in [0.5, 0.6) is 0 Å². The fourth-order valence-electron chi connectivity index (χ4n) is 5.47. The second kappa shape index (κ2) is 12.3. The first-order chi connectivity index (χ1) is 13.7. The third-order valence-electron chi connectivity index (χ3n) is 7.17. The number of halogens is 2. The molecular weight excluding hydrogens is 417 g/mol. The number of amides is 1. The van der Waals surface area contributed by atoms with E-state index in [0.717, 1.165) is 63.2 Å². The van der Waals surface area contributed by atoms with E-state index in [4.69, 9.17) is 0 Å². The molecular formula is C24H39Cl2N3O. The van der Waals surface area contributed by atoms with E-state index in [1.807, 2.05) is 0 Å². The lowest BCUT2D eigenvalue weighted by Crippen LogP contribution is -2.55. The highest BCUT2D eigenvalue weighted by Crippen LogP contribution is 2.31. The van der Waals surface area contributed by atoms with Crippen LogP contribution in [0.25, 0.3) is 0 Å². The molecule has 3 atom stereocenters. The summed E-state index contributed by atoms with van der Waals surface area (Å²) < 4.78 is 0. The molecule has 30 heavy (non-hydrogen) atoms. The quantitative estimate of drug-likeness (QED) is 0.691. The molecule has 3 aliphatic rings. The lowest BCUT2D eigenvalue weighted by molar-refractivity contribution is -0.132. The molecule has 4 rings (SSSR count). The number of nitrogens with zero attached hydrogens (tertiary/aromatic N) is 2. The average Bonchev–Trinajstić information content (AvgIpc) is 2.71. The summed E-state index contributed by atoms with van der Waals surface area (Å²) in [6.07, 6.45) is 6.62. The van der Waals surface area contributed by atoms with Crippen LogP contribution in [0, 0.1) is 17.8 Å². The Morgan fingerprint density at radius 3 is 2.57 bits per heavy atom. The maximum absolute atomic E-state index is 12.5. The van der Waals surface area contributed by atoms with E-state index in [0.29, 0.717) is 11.9 Å². The van der Waals surface area contributed by atoms with E-state index in [9.17, 15) is 4.79 Å². The fourth-order valence-corrected chi connectivity index (χ4v) is 5.47. The molecule has 3 saturated heterocycles. The predicted molar refractivity (Wildman–Crippen MR) is 128 cm³/mol. The van der Waals surface area contributed by atoms with Crippen molar-refractivity contribution in [1.82, 2.24) is 15.1 Å². The highest BCUT2D eigenvalue weighted by Gasteiger charge is 2.36. The van der Waals surface area contributed by atoms with Crippen molar-refractivity contribution in [3.63, 3.8) is 0 Å². The third-order valence-corrected chi connectivity index (χ3v) is 7.17. The van der Waals surface area contributed by atoms with Crippen molar-refractivity contribution in [2.45, 2.75) is 58.0 Å². The molecule has 2 bridgehead atoms. The van der Waals surface area contributed by atoms with Crippen molar-refractivity contribution in [1.29, 1.82) is 0 Å². The molecule has 170 valence electrons. The molecule has 1 aromatic rings. The van der Waals surface area contributed by atoms with Gasteiger partial charge < -0.3 is 10.2 Å². The first kappa shape index (κ1) is 25.5. The zero-order chi connectivity index (χ0) is 19.3. The van der Waals surface area contributed by atoms with Gasteiger partial charge in [0.1, 0.15) is 0 Å². The SMILES string of the molecule is CC1CCN(C(=O)CCC[C@H]2NC[C@@H]3C[C@H]2CN(Cc2ccccc2)C3)CC1.Cl.Cl. The summed E-state index contributed by atoms with van der Waals surface area (Å²) in [6.45, 7) is 8.88. The molecule has 3 fully saturated rings. The number of likely N-dealkylation sites (tertiary alicyclic amines) is 2. The van der Waals surface area contributed by atoms with Gasteiger partial charge in [0.05, 0.1) is 0 Å². The second-order valence-corrected chi connectivity index (χ2v) is 9.51. The largest absolute Gasteiger partial charge is 0.343 e. The third kappa shape index (κ3) is 6.85. The monoisotopic (exact) mass is 455 g/mol. The maximum atomic E-state index is 12.5. The van der Waals surface area contributed by atoms with Gasteiger partial charge in [0.2, 0.25) is 5.91 Å². The van der Waals surface area contributed by atoms with Gasteiger partial charge in [-0.25, -0.2) is 0 Å².